The molecule has 1 atom stereocenters. The van der Waals surface area contributed by atoms with E-state index in [1.54, 1.807) is 18.2 Å². The number of hydrogen-bond donors (Lipinski definition) is 2. The van der Waals surface area contributed by atoms with Crippen molar-refractivity contribution < 1.29 is 8.42 Å². The lowest BCUT2D eigenvalue weighted by Crippen LogP contribution is -2.37. The standard InChI is InChI=1S/C12H18N2O2S.ClH/c1-10-4-2-6-12(8-10)17(15,16)14-9-11-5-3-7-13-11;/h2,4,6,8,11,13-14H,3,5,7,9H2,1H3;1H. The molecule has 1 aromatic carbocycles. The predicted octanol–water partition coefficient (Wildman–Crippen LogP) is 1.45. The Morgan fingerprint density at radius 2 is 2.22 bits per heavy atom. The van der Waals surface area contributed by atoms with Crippen LogP contribution in [0, 0.1) is 6.92 Å². The van der Waals surface area contributed by atoms with E-state index in [0.29, 0.717) is 11.4 Å². The maximum atomic E-state index is 12.0. The first kappa shape index (κ1) is 15.4. The number of rotatable bonds is 4. The van der Waals surface area contributed by atoms with Crippen molar-refractivity contribution in [3.05, 3.63) is 29.8 Å². The Kier molecular flexibility index (Phi) is 5.59. The fraction of sp³-hybridized carbons (Fsp3) is 0.500. The van der Waals surface area contributed by atoms with Gasteiger partial charge in [0.15, 0.2) is 0 Å². The molecule has 18 heavy (non-hydrogen) atoms. The molecule has 0 aliphatic carbocycles. The zero-order valence-corrected chi connectivity index (χ0v) is 12.0. The van der Waals surface area contributed by atoms with Crippen LogP contribution in [0.5, 0.6) is 0 Å². The second-order valence-electron chi connectivity index (χ2n) is 4.46. The molecule has 0 radical (unpaired) electrons. The van der Waals surface area contributed by atoms with Crippen molar-refractivity contribution in [2.24, 2.45) is 0 Å². The summed E-state index contributed by atoms with van der Waals surface area (Å²) in [6.07, 6.45) is 2.16. The zero-order chi connectivity index (χ0) is 12.3. The molecule has 2 N–H and O–H groups in total. The fourth-order valence-electron chi connectivity index (χ4n) is 2.01. The van der Waals surface area contributed by atoms with Gasteiger partial charge in [0.2, 0.25) is 10.0 Å². The third-order valence-corrected chi connectivity index (χ3v) is 4.40. The summed E-state index contributed by atoms with van der Waals surface area (Å²) in [5, 5.41) is 3.27. The quantitative estimate of drug-likeness (QED) is 0.882. The van der Waals surface area contributed by atoms with Gasteiger partial charge in [0, 0.05) is 12.6 Å². The summed E-state index contributed by atoms with van der Waals surface area (Å²) in [5.41, 5.74) is 0.951. The Hall–Kier alpha value is -0.620. The Bertz CT molecular complexity index is 485. The minimum atomic E-state index is -3.36. The average Bonchev–Trinajstić information content (AvgIpc) is 2.79. The second-order valence-corrected chi connectivity index (χ2v) is 6.23. The van der Waals surface area contributed by atoms with Crippen LogP contribution < -0.4 is 10.0 Å². The Morgan fingerprint density at radius 1 is 1.44 bits per heavy atom. The van der Waals surface area contributed by atoms with E-state index < -0.39 is 10.0 Å². The molecule has 1 aliphatic rings. The van der Waals surface area contributed by atoms with Gasteiger partial charge in [0.25, 0.3) is 0 Å². The molecule has 0 amide bonds. The van der Waals surface area contributed by atoms with E-state index in [-0.39, 0.29) is 18.4 Å². The highest BCUT2D eigenvalue weighted by Crippen LogP contribution is 2.11. The average molecular weight is 291 g/mol. The molecule has 1 saturated heterocycles. The molecule has 1 fully saturated rings. The SMILES string of the molecule is Cc1cccc(S(=O)(=O)NCC2CCCN2)c1.Cl. The summed E-state index contributed by atoms with van der Waals surface area (Å²) in [4.78, 5) is 0.343. The number of sulfonamides is 1. The Morgan fingerprint density at radius 3 is 2.83 bits per heavy atom. The summed E-state index contributed by atoms with van der Waals surface area (Å²) in [7, 11) is -3.36. The van der Waals surface area contributed by atoms with Crippen LogP contribution in [0.2, 0.25) is 0 Å². The van der Waals surface area contributed by atoms with Crippen LogP contribution in [0.15, 0.2) is 29.2 Å². The topological polar surface area (TPSA) is 58.2 Å². The van der Waals surface area contributed by atoms with Gasteiger partial charge in [-0.25, -0.2) is 13.1 Å². The van der Waals surface area contributed by atoms with Crippen LogP contribution in [-0.2, 0) is 10.0 Å². The van der Waals surface area contributed by atoms with Crippen LogP contribution in [0.4, 0.5) is 0 Å². The summed E-state index contributed by atoms with van der Waals surface area (Å²) < 4.78 is 26.7. The van der Waals surface area contributed by atoms with Crippen molar-refractivity contribution in [2.75, 3.05) is 13.1 Å². The van der Waals surface area contributed by atoms with E-state index >= 15 is 0 Å². The van der Waals surface area contributed by atoms with Crippen LogP contribution in [0.1, 0.15) is 18.4 Å². The number of benzene rings is 1. The zero-order valence-electron chi connectivity index (χ0n) is 10.3. The molecule has 0 aromatic heterocycles. The van der Waals surface area contributed by atoms with Gasteiger partial charge in [-0.05, 0) is 44.0 Å². The molecule has 1 aliphatic heterocycles. The molecule has 2 rings (SSSR count). The van der Waals surface area contributed by atoms with E-state index in [2.05, 4.69) is 10.0 Å². The maximum absolute atomic E-state index is 12.0. The van der Waals surface area contributed by atoms with Crippen molar-refractivity contribution >= 4 is 22.4 Å². The molecule has 1 unspecified atom stereocenters. The van der Waals surface area contributed by atoms with Gasteiger partial charge in [-0.2, -0.15) is 0 Å². The van der Waals surface area contributed by atoms with Crippen LogP contribution >= 0.6 is 12.4 Å². The molecule has 1 aromatic rings. The molecule has 0 bridgehead atoms. The number of aryl methyl sites for hydroxylation is 1. The lowest BCUT2D eigenvalue weighted by Gasteiger charge is -2.12. The smallest absolute Gasteiger partial charge is 0.240 e. The summed E-state index contributed by atoms with van der Waals surface area (Å²) in [6, 6.07) is 7.23. The van der Waals surface area contributed by atoms with E-state index in [4.69, 9.17) is 0 Å². The third-order valence-electron chi connectivity index (χ3n) is 2.98. The molecule has 102 valence electrons. The van der Waals surface area contributed by atoms with Gasteiger partial charge in [-0.15, -0.1) is 12.4 Å². The van der Waals surface area contributed by atoms with E-state index in [1.807, 2.05) is 13.0 Å². The van der Waals surface area contributed by atoms with Gasteiger partial charge >= 0.3 is 0 Å². The molecule has 0 spiro atoms. The molecule has 4 nitrogen and oxygen atoms in total. The largest absolute Gasteiger partial charge is 0.313 e. The fourth-order valence-corrected chi connectivity index (χ4v) is 3.19. The molecule has 1 heterocycles. The molecule has 6 heteroatoms. The highest BCUT2D eigenvalue weighted by molar-refractivity contribution is 7.89. The highest BCUT2D eigenvalue weighted by Gasteiger charge is 2.18. The van der Waals surface area contributed by atoms with Crippen LogP contribution in [0.25, 0.3) is 0 Å². The van der Waals surface area contributed by atoms with E-state index in [1.165, 1.54) is 0 Å². The summed E-state index contributed by atoms with van der Waals surface area (Å²) >= 11 is 0. The first-order chi connectivity index (χ1) is 8.08. The number of halogens is 1. The predicted molar refractivity (Wildman–Crippen MR) is 74.6 cm³/mol. The monoisotopic (exact) mass is 290 g/mol. The lowest BCUT2D eigenvalue weighted by molar-refractivity contribution is 0.551. The van der Waals surface area contributed by atoms with Gasteiger partial charge < -0.3 is 5.32 Å². The highest BCUT2D eigenvalue weighted by atomic mass is 35.5. The number of nitrogens with one attached hydrogen (secondary N) is 2. The van der Waals surface area contributed by atoms with Gasteiger partial charge in [0.05, 0.1) is 4.90 Å². The number of hydrogen-bond acceptors (Lipinski definition) is 3. The maximum Gasteiger partial charge on any atom is 0.240 e. The Balaban J connectivity index is 0.00000162. The summed E-state index contributed by atoms with van der Waals surface area (Å²) in [6.45, 7) is 3.34. The first-order valence-corrected chi connectivity index (χ1v) is 7.36. The Labute approximate surface area is 115 Å². The normalized spacial score (nSPS) is 19.5. The van der Waals surface area contributed by atoms with E-state index in [9.17, 15) is 8.42 Å². The molecule has 0 saturated carbocycles. The van der Waals surface area contributed by atoms with Crippen LogP contribution in [-0.4, -0.2) is 27.5 Å². The third kappa shape index (κ3) is 3.95. The first-order valence-electron chi connectivity index (χ1n) is 5.88. The van der Waals surface area contributed by atoms with Gasteiger partial charge in [0.1, 0.15) is 0 Å². The van der Waals surface area contributed by atoms with Crippen molar-refractivity contribution in [3.63, 3.8) is 0 Å². The van der Waals surface area contributed by atoms with Crippen molar-refractivity contribution in [1.82, 2.24) is 10.0 Å². The minimum absolute atomic E-state index is 0. The second kappa shape index (κ2) is 6.52. The molecular formula is C12H19ClN2O2S. The van der Waals surface area contributed by atoms with E-state index in [0.717, 1.165) is 24.9 Å². The molecular weight excluding hydrogens is 272 g/mol. The van der Waals surface area contributed by atoms with Crippen LogP contribution in [0.3, 0.4) is 0 Å². The van der Waals surface area contributed by atoms with Crippen molar-refractivity contribution in [2.45, 2.75) is 30.7 Å². The van der Waals surface area contributed by atoms with Gasteiger partial charge in [-0.1, -0.05) is 12.1 Å². The van der Waals surface area contributed by atoms with Gasteiger partial charge in [-0.3, -0.25) is 0 Å². The van der Waals surface area contributed by atoms with Crippen molar-refractivity contribution in [3.8, 4) is 0 Å². The minimum Gasteiger partial charge on any atom is -0.313 e. The summed E-state index contributed by atoms with van der Waals surface area (Å²) in [5.74, 6) is 0. The van der Waals surface area contributed by atoms with Crippen molar-refractivity contribution in [1.29, 1.82) is 0 Å². The lowest BCUT2D eigenvalue weighted by atomic mass is 10.2.